The molecule has 0 saturated carbocycles. The van der Waals surface area contributed by atoms with Crippen molar-refractivity contribution >= 4 is 11.6 Å². The Hall–Kier alpha value is -2.23. The van der Waals surface area contributed by atoms with Crippen LogP contribution in [0.3, 0.4) is 0 Å². The van der Waals surface area contributed by atoms with Crippen molar-refractivity contribution in [3.05, 3.63) is 33.9 Å². The van der Waals surface area contributed by atoms with Gasteiger partial charge in [0.2, 0.25) is 5.75 Å². The van der Waals surface area contributed by atoms with E-state index in [2.05, 4.69) is 0 Å². The summed E-state index contributed by atoms with van der Waals surface area (Å²) < 4.78 is 15.4. The number of nitro groups is 1. The van der Waals surface area contributed by atoms with E-state index in [1.807, 2.05) is 0 Å². The van der Waals surface area contributed by atoms with Gasteiger partial charge in [0.25, 0.3) is 5.91 Å². The van der Waals surface area contributed by atoms with Crippen LogP contribution in [0.15, 0.2) is 18.2 Å². The van der Waals surface area contributed by atoms with E-state index < -0.39 is 10.8 Å². The molecule has 0 heterocycles. The lowest BCUT2D eigenvalue weighted by Gasteiger charge is -2.10. The molecule has 0 spiro atoms. The van der Waals surface area contributed by atoms with Crippen molar-refractivity contribution in [1.29, 1.82) is 0 Å². The Balaban J connectivity index is 0.00000484. The van der Waals surface area contributed by atoms with Crippen LogP contribution in [0.4, 0.5) is 5.69 Å². The van der Waals surface area contributed by atoms with Crippen molar-refractivity contribution in [2.75, 3.05) is 39.6 Å². The lowest BCUT2D eigenvalue weighted by Crippen LogP contribution is -2.16. The molecule has 1 aromatic rings. The van der Waals surface area contributed by atoms with E-state index in [0.717, 1.165) is 0 Å². The molecule has 0 radical (unpaired) electrons. The van der Waals surface area contributed by atoms with Crippen molar-refractivity contribution in [2.24, 2.45) is 5.73 Å². The summed E-state index contributed by atoms with van der Waals surface area (Å²) in [5.41, 5.74) is 4.79. The third kappa shape index (κ3) is 7.04. The number of hydrogen-bond donors (Lipinski definition) is 2. The number of nitrogens with zero attached hydrogens (tertiary/aromatic N) is 1. The summed E-state index contributed by atoms with van der Waals surface area (Å²) in [6, 6.07) is 3.94. The van der Waals surface area contributed by atoms with Crippen LogP contribution in [0.25, 0.3) is 0 Å². The van der Waals surface area contributed by atoms with Gasteiger partial charge in [-0.25, -0.2) is 0 Å². The zero-order chi connectivity index (χ0) is 16.4. The number of para-hydroxylation sites is 1. The summed E-state index contributed by atoms with van der Waals surface area (Å²) in [7, 11) is 0. The number of aliphatic hydroxyl groups excluding tert-OH is 1. The first-order valence-electron chi connectivity index (χ1n) is 6.54. The minimum atomic E-state index is -0.808. The first kappa shape index (κ1) is 20.8. The number of hydrogen-bond acceptors (Lipinski definition) is 7. The quantitative estimate of drug-likeness (QED) is 0.347. The molecule has 130 valence electrons. The molecule has 0 aromatic heterocycles. The second-order valence-electron chi connectivity index (χ2n) is 4.07. The van der Waals surface area contributed by atoms with Gasteiger partial charge in [-0.3, -0.25) is 14.9 Å². The van der Waals surface area contributed by atoms with Gasteiger partial charge in [-0.1, -0.05) is 13.5 Å². The van der Waals surface area contributed by atoms with E-state index in [4.69, 9.17) is 25.1 Å². The molecule has 3 N–H and O–H groups in total. The van der Waals surface area contributed by atoms with Crippen LogP contribution in [0.1, 0.15) is 17.8 Å². The average molecular weight is 330 g/mol. The van der Waals surface area contributed by atoms with Crippen LogP contribution in [0.2, 0.25) is 0 Å². The summed E-state index contributed by atoms with van der Waals surface area (Å²) in [5, 5.41) is 19.4. The van der Waals surface area contributed by atoms with Crippen molar-refractivity contribution in [3.8, 4) is 5.75 Å². The van der Waals surface area contributed by atoms with E-state index in [1.165, 1.54) is 18.2 Å². The molecule has 0 aliphatic rings. The van der Waals surface area contributed by atoms with Gasteiger partial charge in [-0.15, -0.1) is 0 Å². The molecular formula is C14H22N2O7. The van der Waals surface area contributed by atoms with E-state index >= 15 is 0 Å². The number of rotatable bonds is 11. The Morgan fingerprint density at radius 3 is 2.35 bits per heavy atom. The molecule has 9 heteroatoms. The lowest BCUT2D eigenvalue weighted by atomic mass is 10.1. The van der Waals surface area contributed by atoms with Crippen molar-refractivity contribution in [3.63, 3.8) is 0 Å². The Labute approximate surface area is 134 Å². The van der Waals surface area contributed by atoms with Crippen LogP contribution in [-0.2, 0) is 9.47 Å². The third-order valence-corrected chi connectivity index (χ3v) is 2.54. The zero-order valence-corrected chi connectivity index (χ0v) is 11.9. The van der Waals surface area contributed by atoms with Crippen molar-refractivity contribution < 1.29 is 29.0 Å². The predicted octanol–water partition coefficient (Wildman–Crippen LogP) is 0.734. The van der Waals surface area contributed by atoms with E-state index in [0.29, 0.717) is 13.2 Å². The summed E-state index contributed by atoms with van der Waals surface area (Å²) >= 11 is 0. The number of ether oxygens (including phenoxy) is 3. The van der Waals surface area contributed by atoms with Gasteiger partial charge in [0, 0.05) is 6.07 Å². The third-order valence-electron chi connectivity index (χ3n) is 2.54. The molecule has 1 rings (SSSR count). The maximum absolute atomic E-state index is 11.3. The second-order valence-corrected chi connectivity index (χ2v) is 4.07. The number of benzene rings is 1. The van der Waals surface area contributed by atoms with Gasteiger partial charge in [0.15, 0.2) is 0 Å². The number of amides is 1. The van der Waals surface area contributed by atoms with E-state index in [9.17, 15) is 14.9 Å². The molecular weight excluding hydrogens is 308 g/mol. The second kappa shape index (κ2) is 11.4. The molecule has 1 aromatic carbocycles. The highest BCUT2D eigenvalue weighted by Gasteiger charge is 2.21. The summed E-state index contributed by atoms with van der Waals surface area (Å²) in [6.45, 7) is 0.966. The van der Waals surface area contributed by atoms with Crippen molar-refractivity contribution in [1.82, 2.24) is 0 Å². The Kier molecular flexibility index (Phi) is 10.3. The molecule has 0 saturated heterocycles. The molecule has 0 aliphatic carbocycles. The monoisotopic (exact) mass is 330 g/mol. The molecule has 0 aliphatic heterocycles. The average Bonchev–Trinajstić information content (AvgIpc) is 2.49. The highest BCUT2D eigenvalue weighted by Crippen LogP contribution is 2.30. The number of aliphatic hydroxyl groups is 1. The van der Waals surface area contributed by atoms with Crippen LogP contribution < -0.4 is 10.5 Å². The maximum atomic E-state index is 11.3. The van der Waals surface area contributed by atoms with E-state index in [1.54, 1.807) is 0 Å². The Morgan fingerprint density at radius 1 is 1.17 bits per heavy atom. The van der Waals surface area contributed by atoms with E-state index in [-0.39, 0.29) is 50.9 Å². The number of nitro benzene ring substituents is 1. The molecule has 9 nitrogen and oxygen atoms in total. The van der Waals surface area contributed by atoms with Gasteiger partial charge in [0.05, 0.1) is 43.5 Å². The van der Waals surface area contributed by atoms with Crippen molar-refractivity contribution in [2.45, 2.75) is 7.43 Å². The smallest absolute Gasteiger partial charge is 0.311 e. The SMILES string of the molecule is C.NC(=O)c1cccc([N+](=O)[O-])c1OCCOCCOCCO. The fourth-order valence-electron chi connectivity index (χ4n) is 1.60. The van der Waals surface area contributed by atoms with Crippen LogP contribution in [0.5, 0.6) is 5.75 Å². The Bertz CT molecular complexity index is 476. The first-order chi connectivity index (χ1) is 10.6. The number of carbonyl (C=O) groups is 1. The molecule has 0 atom stereocenters. The normalized spacial score (nSPS) is 9.96. The summed E-state index contributed by atoms with van der Waals surface area (Å²) in [5.74, 6) is -0.975. The van der Waals surface area contributed by atoms with Crippen LogP contribution >= 0.6 is 0 Å². The minimum Gasteiger partial charge on any atom is -0.484 e. The molecule has 23 heavy (non-hydrogen) atoms. The largest absolute Gasteiger partial charge is 0.484 e. The van der Waals surface area contributed by atoms with Gasteiger partial charge in [0.1, 0.15) is 6.61 Å². The molecule has 0 bridgehead atoms. The topological polar surface area (TPSA) is 134 Å². The predicted molar refractivity (Wildman–Crippen MR) is 82.6 cm³/mol. The Morgan fingerprint density at radius 2 is 1.78 bits per heavy atom. The zero-order valence-electron chi connectivity index (χ0n) is 11.9. The summed E-state index contributed by atoms with van der Waals surface area (Å²) in [4.78, 5) is 21.6. The minimum absolute atomic E-state index is 0. The van der Waals surface area contributed by atoms with Crippen LogP contribution in [-0.4, -0.2) is 55.6 Å². The lowest BCUT2D eigenvalue weighted by molar-refractivity contribution is -0.385. The van der Waals surface area contributed by atoms with Gasteiger partial charge in [-0.05, 0) is 6.07 Å². The molecule has 1 amide bonds. The number of primary amides is 1. The standard InChI is InChI=1S/C13H18N2O7.CH4/c14-13(17)10-2-1-3-11(15(18)19)12(10)22-9-8-21-7-6-20-5-4-16;/h1-3,16H,4-9H2,(H2,14,17);1H4. The first-order valence-corrected chi connectivity index (χ1v) is 6.54. The van der Waals surface area contributed by atoms with Gasteiger partial charge in [-0.2, -0.15) is 0 Å². The highest BCUT2D eigenvalue weighted by atomic mass is 16.6. The highest BCUT2D eigenvalue weighted by molar-refractivity contribution is 5.97. The van der Waals surface area contributed by atoms with Crippen LogP contribution in [0, 0.1) is 10.1 Å². The van der Waals surface area contributed by atoms with Gasteiger partial charge < -0.3 is 25.1 Å². The summed E-state index contributed by atoms with van der Waals surface area (Å²) in [6.07, 6.45) is 0. The van der Waals surface area contributed by atoms with Gasteiger partial charge >= 0.3 is 5.69 Å². The number of carbonyl (C=O) groups excluding carboxylic acids is 1. The number of nitrogens with two attached hydrogens (primary N) is 1. The fraction of sp³-hybridized carbons (Fsp3) is 0.500. The fourth-order valence-corrected chi connectivity index (χ4v) is 1.60. The maximum Gasteiger partial charge on any atom is 0.311 e. The molecule has 0 unspecified atom stereocenters. The molecule has 0 fully saturated rings.